The van der Waals surface area contributed by atoms with Crippen LogP contribution < -0.4 is 9.64 Å². The molecule has 1 amide bonds. The molecule has 2 unspecified atom stereocenters. The summed E-state index contributed by atoms with van der Waals surface area (Å²) in [7, 11) is 3.71. The van der Waals surface area contributed by atoms with Crippen LogP contribution in [0, 0.1) is 0 Å². The highest BCUT2D eigenvalue weighted by Crippen LogP contribution is 2.30. The number of rotatable bonds is 6. The second kappa shape index (κ2) is 8.57. The molecular formula is C23H30N2O2. The van der Waals surface area contributed by atoms with E-state index in [2.05, 4.69) is 49.1 Å². The van der Waals surface area contributed by atoms with Crippen LogP contribution in [0.5, 0.6) is 5.75 Å². The molecule has 0 radical (unpaired) electrons. The molecule has 0 aromatic heterocycles. The van der Waals surface area contributed by atoms with Gasteiger partial charge in [0.2, 0.25) is 5.91 Å². The number of likely N-dealkylation sites (N-methyl/N-ethyl adjacent to an activating group) is 1. The van der Waals surface area contributed by atoms with E-state index in [9.17, 15) is 4.79 Å². The van der Waals surface area contributed by atoms with E-state index in [1.54, 1.807) is 7.11 Å². The monoisotopic (exact) mass is 366 g/mol. The molecule has 3 rings (SSSR count). The van der Waals surface area contributed by atoms with Gasteiger partial charge in [-0.2, -0.15) is 0 Å². The number of benzene rings is 2. The average Bonchev–Trinajstić information content (AvgIpc) is 2.68. The Kier molecular flexibility index (Phi) is 6.17. The zero-order valence-electron chi connectivity index (χ0n) is 16.8. The van der Waals surface area contributed by atoms with E-state index in [4.69, 9.17) is 4.74 Å². The van der Waals surface area contributed by atoms with Crippen LogP contribution in [-0.4, -0.2) is 43.6 Å². The summed E-state index contributed by atoms with van der Waals surface area (Å²) in [6.07, 6.45) is 2.97. The molecule has 4 heteroatoms. The molecule has 0 saturated heterocycles. The number of carbonyl (C=O) groups is 1. The van der Waals surface area contributed by atoms with Crippen molar-refractivity contribution in [1.82, 2.24) is 4.90 Å². The van der Waals surface area contributed by atoms with Crippen LogP contribution in [0.1, 0.15) is 31.4 Å². The summed E-state index contributed by atoms with van der Waals surface area (Å²) in [5.74, 6) is 1.05. The SMILES string of the molecule is COc1ccc(CC(C)N(C)CC(=O)N2c3ccccc3CCC2C)cc1. The van der Waals surface area contributed by atoms with Crippen molar-refractivity contribution in [2.75, 3.05) is 25.6 Å². The lowest BCUT2D eigenvalue weighted by molar-refractivity contribution is -0.120. The summed E-state index contributed by atoms with van der Waals surface area (Å²) >= 11 is 0. The number of ether oxygens (including phenoxy) is 1. The Morgan fingerprint density at radius 1 is 1.22 bits per heavy atom. The largest absolute Gasteiger partial charge is 0.497 e. The molecular weight excluding hydrogens is 336 g/mol. The summed E-state index contributed by atoms with van der Waals surface area (Å²) in [5, 5.41) is 0. The van der Waals surface area contributed by atoms with Gasteiger partial charge in [-0.25, -0.2) is 0 Å². The third-order valence-corrected chi connectivity index (χ3v) is 5.62. The van der Waals surface area contributed by atoms with Gasteiger partial charge in [-0.15, -0.1) is 0 Å². The topological polar surface area (TPSA) is 32.8 Å². The highest BCUT2D eigenvalue weighted by molar-refractivity contribution is 5.96. The van der Waals surface area contributed by atoms with E-state index in [0.29, 0.717) is 6.54 Å². The van der Waals surface area contributed by atoms with E-state index >= 15 is 0 Å². The van der Waals surface area contributed by atoms with Gasteiger partial charge in [0.05, 0.1) is 13.7 Å². The van der Waals surface area contributed by atoms with Gasteiger partial charge in [-0.3, -0.25) is 9.69 Å². The highest BCUT2D eigenvalue weighted by atomic mass is 16.5. The number of hydrogen-bond donors (Lipinski definition) is 0. The fraction of sp³-hybridized carbons (Fsp3) is 0.435. The molecule has 0 bridgehead atoms. The second-order valence-corrected chi connectivity index (χ2v) is 7.60. The quantitative estimate of drug-likeness (QED) is 0.777. The first-order chi connectivity index (χ1) is 13.0. The maximum Gasteiger partial charge on any atom is 0.241 e. The second-order valence-electron chi connectivity index (χ2n) is 7.60. The third kappa shape index (κ3) is 4.51. The Morgan fingerprint density at radius 2 is 1.93 bits per heavy atom. The molecule has 4 nitrogen and oxygen atoms in total. The molecule has 0 N–H and O–H groups in total. The fourth-order valence-corrected chi connectivity index (χ4v) is 3.77. The van der Waals surface area contributed by atoms with Crippen LogP contribution in [-0.2, 0) is 17.6 Å². The smallest absolute Gasteiger partial charge is 0.241 e. The number of anilines is 1. The molecule has 144 valence electrons. The number of para-hydroxylation sites is 1. The molecule has 0 fully saturated rings. The van der Waals surface area contributed by atoms with Crippen molar-refractivity contribution in [3.8, 4) is 5.75 Å². The van der Waals surface area contributed by atoms with Gasteiger partial charge >= 0.3 is 0 Å². The van der Waals surface area contributed by atoms with Gasteiger partial charge in [-0.1, -0.05) is 30.3 Å². The van der Waals surface area contributed by atoms with Crippen molar-refractivity contribution >= 4 is 11.6 Å². The first-order valence-corrected chi connectivity index (χ1v) is 9.72. The van der Waals surface area contributed by atoms with E-state index in [-0.39, 0.29) is 18.0 Å². The minimum absolute atomic E-state index is 0.179. The number of nitrogens with zero attached hydrogens (tertiary/aromatic N) is 2. The minimum Gasteiger partial charge on any atom is -0.497 e. The molecule has 2 aromatic carbocycles. The van der Waals surface area contributed by atoms with Crippen LogP contribution in [0.15, 0.2) is 48.5 Å². The Labute approximate surface area is 162 Å². The van der Waals surface area contributed by atoms with Gasteiger partial charge in [0.15, 0.2) is 0 Å². The van der Waals surface area contributed by atoms with Crippen LogP contribution in [0.2, 0.25) is 0 Å². The molecule has 27 heavy (non-hydrogen) atoms. The molecule has 0 aliphatic carbocycles. The zero-order valence-corrected chi connectivity index (χ0v) is 16.8. The van der Waals surface area contributed by atoms with Crippen LogP contribution in [0.4, 0.5) is 5.69 Å². The van der Waals surface area contributed by atoms with E-state index in [0.717, 1.165) is 30.7 Å². The molecule has 0 saturated carbocycles. The molecule has 0 spiro atoms. The summed E-state index contributed by atoms with van der Waals surface area (Å²) in [6, 6.07) is 17.0. The maximum absolute atomic E-state index is 13.1. The number of aryl methyl sites for hydroxylation is 1. The van der Waals surface area contributed by atoms with Crippen molar-refractivity contribution in [3.05, 3.63) is 59.7 Å². The summed E-state index contributed by atoms with van der Waals surface area (Å²) < 4.78 is 5.22. The summed E-state index contributed by atoms with van der Waals surface area (Å²) in [4.78, 5) is 17.2. The van der Waals surface area contributed by atoms with E-state index in [1.165, 1.54) is 11.1 Å². The first-order valence-electron chi connectivity index (χ1n) is 9.72. The molecule has 1 heterocycles. The Morgan fingerprint density at radius 3 is 2.63 bits per heavy atom. The lowest BCUT2D eigenvalue weighted by atomic mass is 9.96. The summed E-state index contributed by atoms with van der Waals surface area (Å²) in [6.45, 7) is 4.75. The van der Waals surface area contributed by atoms with Crippen molar-refractivity contribution in [2.24, 2.45) is 0 Å². The predicted octanol–water partition coefficient (Wildman–Crippen LogP) is 3.93. The normalized spacial score (nSPS) is 17.5. The number of hydrogen-bond acceptors (Lipinski definition) is 3. The van der Waals surface area contributed by atoms with Gasteiger partial charge in [0.1, 0.15) is 5.75 Å². The molecule has 2 aromatic rings. The number of carbonyl (C=O) groups excluding carboxylic acids is 1. The van der Waals surface area contributed by atoms with Crippen LogP contribution in [0.25, 0.3) is 0 Å². The number of fused-ring (bicyclic) bond motifs is 1. The summed E-state index contributed by atoms with van der Waals surface area (Å²) in [5.41, 5.74) is 3.61. The molecule has 1 aliphatic heterocycles. The van der Waals surface area contributed by atoms with Crippen LogP contribution in [0.3, 0.4) is 0 Å². The van der Waals surface area contributed by atoms with E-state index < -0.39 is 0 Å². The van der Waals surface area contributed by atoms with Crippen LogP contribution >= 0.6 is 0 Å². The zero-order chi connectivity index (χ0) is 19.4. The Balaban J connectivity index is 1.64. The fourth-order valence-electron chi connectivity index (χ4n) is 3.77. The predicted molar refractivity (Wildman–Crippen MR) is 111 cm³/mol. The van der Waals surface area contributed by atoms with Crippen molar-refractivity contribution < 1.29 is 9.53 Å². The Hall–Kier alpha value is -2.33. The van der Waals surface area contributed by atoms with Gasteiger partial charge < -0.3 is 9.64 Å². The highest BCUT2D eigenvalue weighted by Gasteiger charge is 2.29. The minimum atomic E-state index is 0.179. The number of methoxy groups -OCH3 is 1. The van der Waals surface area contributed by atoms with Gasteiger partial charge in [0.25, 0.3) is 0 Å². The maximum atomic E-state index is 13.1. The number of amides is 1. The van der Waals surface area contributed by atoms with Gasteiger partial charge in [0, 0.05) is 17.8 Å². The lowest BCUT2D eigenvalue weighted by Gasteiger charge is -2.37. The van der Waals surface area contributed by atoms with Crippen molar-refractivity contribution in [2.45, 2.75) is 45.2 Å². The average molecular weight is 367 g/mol. The van der Waals surface area contributed by atoms with E-state index in [1.807, 2.05) is 30.1 Å². The lowest BCUT2D eigenvalue weighted by Crippen LogP contribution is -2.48. The van der Waals surface area contributed by atoms with Crippen molar-refractivity contribution in [1.29, 1.82) is 0 Å². The Bertz CT molecular complexity index is 772. The molecule has 1 aliphatic rings. The first kappa shape index (κ1) is 19.4. The standard InChI is InChI=1S/C23H30N2O2/c1-17-9-12-20-7-5-6-8-22(20)25(17)23(26)16-24(3)18(2)15-19-10-13-21(27-4)14-11-19/h5-8,10-11,13-14,17-18H,9,12,15-16H2,1-4H3. The molecule has 2 atom stereocenters. The van der Waals surface area contributed by atoms with Gasteiger partial charge in [-0.05, 0) is 69.5 Å². The third-order valence-electron chi connectivity index (χ3n) is 5.62. The van der Waals surface area contributed by atoms with Crippen molar-refractivity contribution in [3.63, 3.8) is 0 Å².